The Morgan fingerprint density at radius 1 is 1.33 bits per heavy atom. The lowest BCUT2D eigenvalue weighted by molar-refractivity contribution is -0.384. The van der Waals surface area contributed by atoms with E-state index in [9.17, 15) is 14.9 Å². The minimum absolute atomic E-state index is 0.0244. The van der Waals surface area contributed by atoms with E-state index in [2.05, 4.69) is 11.8 Å². The molecule has 0 aliphatic heterocycles. The van der Waals surface area contributed by atoms with Crippen molar-refractivity contribution in [2.24, 2.45) is 0 Å². The Hall–Kier alpha value is -1.91. The summed E-state index contributed by atoms with van der Waals surface area (Å²) in [6.07, 6.45) is 5.95. The number of anilines is 1. The van der Waals surface area contributed by atoms with Gasteiger partial charge in [-0.25, -0.2) is 0 Å². The van der Waals surface area contributed by atoms with E-state index in [4.69, 9.17) is 0 Å². The van der Waals surface area contributed by atoms with E-state index >= 15 is 0 Å². The van der Waals surface area contributed by atoms with Crippen LogP contribution in [0.3, 0.4) is 0 Å². The summed E-state index contributed by atoms with van der Waals surface area (Å²) >= 11 is 0. The third kappa shape index (κ3) is 3.40. The van der Waals surface area contributed by atoms with Crippen molar-refractivity contribution in [2.45, 2.75) is 52.0 Å². The molecule has 0 unspecified atom stereocenters. The molecule has 114 valence electrons. The molecule has 0 N–H and O–H groups in total. The van der Waals surface area contributed by atoms with Crippen LogP contribution in [0.2, 0.25) is 0 Å². The molecule has 0 spiro atoms. The maximum Gasteiger partial charge on any atom is 0.270 e. The molecule has 0 atom stereocenters. The van der Waals surface area contributed by atoms with Gasteiger partial charge in [0, 0.05) is 36.0 Å². The number of Topliss-reactive ketones (excluding diaryl/α,β-unsaturated/α-hetero) is 1. The molecule has 0 amide bonds. The normalized spacial score (nSPS) is 15.7. The second kappa shape index (κ2) is 6.70. The topological polar surface area (TPSA) is 63.4 Å². The van der Waals surface area contributed by atoms with E-state index < -0.39 is 4.92 Å². The van der Waals surface area contributed by atoms with Crippen molar-refractivity contribution in [3.8, 4) is 0 Å². The molecule has 0 radical (unpaired) electrons. The number of rotatable bonds is 5. The zero-order valence-corrected chi connectivity index (χ0v) is 12.7. The van der Waals surface area contributed by atoms with Gasteiger partial charge in [-0.3, -0.25) is 14.9 Å². The number of carbonyl (C=O) groups excluding carboxylic acids is 1. The van der Waals surface area contributed by atoms with Crippen molar-refractivity contribution in [3.63, 3.8) is 0 Å². The van der Waals surface area contributed by atoms with Crippen molar-refractivity contribution < 1.29 is 9.72 Å². The van der Waals surface area contributed by atoms with Crippen molar-refractivity contribution in [1.82, 2.24) is 0 Å². The van der Waals surface area contributed by atoms with E-state index in [0.717, 1.165) is 25.1 Å². The molecule has 1 fully saturated rings. The van der Waals surface area contributed by atoms with Crippen LogP contribution in [-0.4, -0.2) is 23.3 Å². The van der Waals surface area contributed by atoms with Crippen molar-refractivity contribution in [3.05, 3.63) is 33.9 Å². The van der Waals surface area contributed by atoms with Gasteiger partial charge in [0.1, 0.15) is 0 Å². The van der Waals surface area contributed by atoms with Gasteiger partial charge in [-0.2, -0.15) is 0 Å². The molecule has 21 heavy (non-hydrogen) atoms. The fraction of sp³-hybridized carbons (Fsp3) is 0.562. The molecule has 1 aromatic rings. The van der Waals surface area contributed by atoms with Gasteiger partial charge in [0.15, 0.2) is 5.78 Å². The molecule has 1 saturated carbocycles. The summed E-state index contributed by atoms with van der Waals surface area (Å²) in [6.45, 7) is 4.35. The number of hydrogen-bond donors (Lipinski definition) is 0. The fourth-order valence-electron chi connectivity index (χ4n) is 3.19. The van der Waals surface area contributed by atoms with Crippen LogP contribution in [0.4, 0.5) is 11.4 Å². The number of nitro groups is 1. The van der Waals surface area contributed by atoms with E-state index in [-0.39, 0.29) is 11.5 Å². The van der Waals surface area contributed by atoms with Crippen LogP contribution in [-0.2, 0) is 0 Å². The molecule has 0 saturated heterocycles. The van der Waals surface area contributed by atoms with Crippen LogP contribution in [0.1, 0.15) is 56.3 Å². The van der Waals surface area contributed by atoms with Gasteiger partial charge < -0.3 is 4.90 Å². The summed E-state index contributed by atoms with van der Waals surface area (Å²) in [4.78, 5) is 24.6. The van der Waals surface area contributed by atoms with Gasteiger partial charge in [0.05, 0.1) is 4.92 Å². The summed E-state index contributed by atoms with van der Waals surface area (Å²) in [6, 6.07) is 5.06. The smallest absolute Gasteiger partial charge is 0.270 e. The lowest BCUT2D eigenvalue weighted by Crippen LogP contribution is -2.37. The summed E-state index contributed by atoms with van der Waals surface area (Å²) < 4.78 is 0. The first-order valence-corrected chi connectivity index (χ1v) is 7.60. The lowest BCUT2D eigenvalue weighted by atomic mass is 9.93. The second-order valence-electron chi connectivity index (χ2n) is 5.59. The molecule has 0 heterocycles. The molecular formula is C16H22N2O3. The van der Waals surface area contributed by atoms with Crippen molar-refractivity contribution in [1.29, 1.82) is 0 Å². The highest BCUT2D eigenvalue weighted by molar-refractivity contribution is 6.00. The lowest BCUT2D eigenvalue weighted by Gasteiger charge is -2.36. The highest BCUT2D eigenvalue weighted by Gasteiger charge is 2.24. The van der Waals surface area contributed by atoms with Gasteiger partial charge in [0.25, 0.3) is 5.69 Å². The number of non-ortho nitro benzene ring substituents is 1. The molecular weight excluding hydrogens is 268 g/mol. The quantitative estimate of drug-likeness (QED) is 0.468. The molecule has 1 aliphatic rings. The van der Waals surface area contributed by atoms with E-state index in [1.807, 2.05) is 0 Å². The zero-order chi connectivity index (χ0) is 15.4. The van der Waals surface area contributed by atoms with Gasteiger partial charge in [-0.05, 0) is 32.8 Å². The Morgan fingerprint density at radius 2 is 2.00 bits per heavy atom. The molecule has 2 rings (SSSR count). The third-order valence-electron chi connectivity index (χ3n) is 4.24. The maximum atomic E-state index is 11.9. The highest BCUT2D eigenvalue weighted by atomic mass is 16.6. The molecule has 1 aliphatic carbocycles. The van der Waals surface area contributed by atoms with Crippen molar-refractivity contribution in [2.75, 3.05) is 11.4 Å². The molecule has 5 nitrogen and oxygen atoms in total. The van der Waals surface area contributed by atoms with E-state index in [1.54, 1.807) is 6.07 Å². The molecule has 0 aromatic heterocycles. The molecule has 0 bridgehead atoms. The number of nitrogens with zero attached hydrogens (tertiary/aromatic N) is 2. The Bertz CT molecular complexity index is 536. The second-order valence-corrected chi connectivity index (χ2v) is 5.59. The standard InChI is InChI=1S/C16H22N2O3/c1-3-17(13-7-5-4-6-8-13)16-10-9-14(18(20)21)11-15(16)12(2)19/h9-11,13H,3-8H2,1-2H3. The fourth-order valence-corrected chi connectivity index (χ4v) is 3.19. The average Bonchev–Trinajstić information content (AvgIpc) is 2.49. The summed E-state index contributed by atoms with van der Waals surface area (Å²) in [5, 5.41) is 10.9. The number of carbonyl (C=O) groups is 1. The minimum atomic E-state index is -0.451. The molecule has 1 aromatic carbocycles. The monoisotopic (exact) mass is 290 g/mol. The summed E-state index contributed by atoms with van der Waals surface area (Å²) in [5.74, 6) is -0.122. The zero-order valence-electron chi connectivity index (χ0n) is 12.7. The van der Waals surface area contributed by atoms with Crippen LogP contribution >= 0.6 is 0 Å². The van der Waals surface area contributed by atoms with E-state index in [0.29, 0.717) is 11.6 Å². The Morgan fingerprint density at radius 3 is 2.52 bits per heavy atom. The third-order valence-corrected chi connectivity index (χ3v) is 4.24. The Labute approximate surface area is 125 Å². The largest absolute Gasteiger partial charge is 0.368 e. The van der Waals surface area contributed by atoms with Crippen LogP contribution in [0, 0.1) is 10.1 Å². The van der Waals surface area contributed by atoms with Crippen LogP contribution in [0.25, 0.3) is 0 Å². The SMILES string of the molecule is CCN(c1ccc([N+](=O)[O-])cc1C(C)=O)C1CCCCC1. The van der Waals surface area contributed by atoms with Gasteiger partial charge in [-0.1, -0.05) is 19.3 Å². The van der Waals surface area contributed by atoms with Crippen LogP contribution in [0.15, 0.2) is 18.2 Å². The van der Waals surface area contributed by atoms with Crippen LogP contribution < -0.4 is 4.90 Å². The Kier molecular flexibility index (Phi) is 4.94. The number of benzene rings is 1. The Balaban J connectivity index is 2.39. The maximum absolute atomic E-state index is 11.9. The summed E-state index contributed by atoms with van der Waals surface area (Å²) in [5.41, 5.74) is 1.27. The predicted molar refractivity (Wildman–Crippen MR) is 83.0 cm³/mol. The minimum Gasteiger partial charge on any atom is -0.368 e. The van der Waals surface area contributed by atoms with Gasteiger partial charge in [0.2, 0.25) is 0 Å². The first-order valence-electron chi connectivity index (χ1n) is 7.60. The first-order chi connectivity index (χ1) is 10.0. The van der Waals surface area contributed by atoms with Crippen molar-refractivity contribution >= 4 is 17.2 Å². The predicted octanol–water partition coefficient (Wildman–Crippen LogP) is 3.96. The number of hydrogen-bond acceptors (Lipinski definition) is 4. The van der Waals surface area contributed by atoms with Crippen LogP contribution in [0.5, 0.6) is 0 Å². The molecule has 5 heteroatoms. The number of ketones is 1. The number of nitro benzene ring substituents is 1. The highest BCUT2D eigenvalue weighted by Crippen LogP contribution is 2.31. The van der Waals surface area contributed by atoms with Gasteiger partial charge >= 0.3 is 0 Å². The average molecular weight is 290 g/mol. The van der Waals surface area contributed by atoms with E-state index in [1.165, 1.54) is 38.3 Å². The van der Waals surface area contributed by atoms with Gasteiger partial charge in [-0.15, -0.1) is 0 Å². The summed E-state index contributed by atoms with van der Waals surface area (Å²) in [7, 11) is 0. The first kappa shape index (κ1) is 15.5.